The third-order valence-corrected chi connectivity index (χ3v) is 5.21. The molecule has 0 aliphatic carbocycles. The van der Waals surface area contributed by atoms with Gasteiger partial charge in [0.05, 0.1) is 18.9 Å². The predicted molar refractivity (Wildman–Crippen MR) is 117 cm³/mol. The van der Waals surface area contributed by atoms with Crippen LogP contribution >= 0.6 is 12.2 Å². The quantitative estimate of drug-likeness (QED) is 0.592. The molecule has 156 valence electrons. The average molecular weight is 425 g/mol. The Labute approximate surface area is 179 Å². The van der Waals surface area contributed by atoms with Crippen LogP contribution in [-0.2, 0) is 22.6 Å². The molecule has 2 N–H and O–H groups in total. The molecule has 0 bridgehead atoms. The molecule has 1 aliphatic heterocycles. The summed E-state index contributed by atoms with van der Waals surface area (Å²) in [4.78, 5) is 19.6. The number of benzene rings is 1. The van der Waals surface area contributed by atoms with E-state index in [0.29, 0.717) is 16.4 Å². The Balaban J connectivity index is 1.45. The molecular formula is C21H24N6O2S. The molecule has 0 unspecified atom stereocenters. The standard InChI is InChI=1S/C21H24N6O2S/c1-15-4-2-5-16(12-15)20-24-25-21(30)27(20)14-19(28)23-18-7-3-6-17(22-18)13-26-8-10-29-11-9-26/h2-7,12H,8-11,13-14H2,1H3,(H,25,30)(H,22,23,28). The number of anilines is 1. The van der Waals surface area contributed by atoms with Crippen LogP contribution in [0.3, 0.4) is 0 Å². The highest BCUT2D eigenvalue weighted by atomic mass is 32.1. The van der Waals surface area contributed by atoms with E-state index in [1.54, 1.807) is 10.6 Å². The third kappa shape index (κ3) is 4.99. The fourth-order valence-corrected chi connectivity index (χ4v) is 3.62. The fourth-order valence-electron chi connectivity index (χ4n) is 3.42. The molecule has 3 aromatic rings. The molecule has 0 spiro atoms. The lowest BCUT2D eigenvalue weighted by atomic mass is 10.1. The number of aryl methyl sites for hydroxylation is 1. The summed E-state index contributed by atoms with van der Waals surface area (Å²) in [5, 5.41) is 9.96. The van der Waals surface area contributed by atoms with E-state index in [2.05, 4.69) is 25.4 Å². The van der Waals surface area contributed by atoms with E-state index in [9.17, 15) is 4.79 Å². The Hall–Kier alpha value is -2.88. The molecule has 8 nitrogen and oxygen atoms in total. The van der Waals surface area contributed by atoms with Gasteiger partial charge in [-0.2, -0.15) is 5.10 Å². The normalized spacial score (nSPS) is 14.6. The van der Waals surface area contributed by atoms with Crippen molar-refractivity contribution in [1.82, 2.24) is 24.6 Å². The van der Waals surface area contributed by atoms with Crippen molar-refractivity contribution in [3.63, 3.8) is 0 Å². The highest BCUT2D eigenvalue weighted by Crippen LogP contribution is 2.18. The number of hydrogen-bond acceptors (Lipinski definition) is 6. The van der Waals surface area contributed by atoms with Crippen LogP contribution in [0.15, 0.2) is 42.5 Å². The number of nitrogens with zero attached hydrogens (tertiary/aromatic N) is 4. The molecule has 1 fully saturated rings. The molecule has 30 heavy (non-hydrogen) atoms. The van der Waals surface area contributed by atoms with E-state index in [4.69, 9.17) is 17.0 Å². The minimum Gasteiger partial charge on any atom is -0.379 e. The number of ether oxygens (including phenoxy) is 1. The lowest BCUT2D eigenvalue weighted by molar-refractivity contribution is -0.116. The molecule has 9 heteroatoms. The van der Waals surface area contributed by atoms with Gasteiger partial charge in [0.1, 0.15) is 12.4 Å². The van der Waals surface area contributed by atoms with Crippen molar-refractivity contribution >= 4 is 23.9 Å². The van der Waals surface area contributed by atoms with Crippen molar-refractivity contribution in [3.05, 3.63) is 58.5 Å². The number of morpholine rings is 1. The maximum atomic E-state index is 12.7. The zero-order chi connectivity index (χ0) is 20.9. The number of nitrogens with one attached hydrogen (secondary N) is 2. The van der Waals surface area contributed by atoms with Gasteiger partial charge in [-0.1, -0.05) is 29.8 Å². The Morgan fingerprint density at radius 1 is 1.23 bits per heavy atom. The average Bonchev–Trinajstić information content (AvgIpc) is 3.09. The second-order valence-electron chi connectivity index (χ2n) is 7.26. The molecule has 1 saturated heterocycles. The first kappa shape index (κ1) is 20.4. The van der Waals surface area contributed by atoms with Crippen LogP contribution in [0.4, 0.5) is 5.82 Å². The van der Waals surface area contributed by atoms with Gasteiger partial charge in [-0.05, 0) is 37.3 Å². The fraction of sp³-hybridized carbons (Fsp3) is 0.333. The van der Waals surface area contributed by atoms with Crippen LogP contribution in [0.1, 0.15) is 11.3 Å². The number of aromatic nitrogens is 4. The van der Waals surface area contributed by atoms with Crippen molar-refractivity contribution in [1.29, 1.82) is 0 Å². The summed E-state index contributed by atoms with van der Waals surface area (Å²) in [6.07, 6.45) is 0. The van der Waals surface area contributed by atoms with E-state index < -0.39 is 0 Å². The molecule has 3 heterocycles. The van der Waals surface area contributed by atoms with Gasteiger partial charge in [0.15, 0.2) is 10.6 Å². The second-order valence-corrected chi connectivity index (χ2v) is 7.65. The minimum atomic E-state index is -0.211. The summed E-state index contributed by atoms with van der Waals surface area (Å²) >= 11 is 5.33. The van der Waals surface area contributed by atoms with Crippen molar-refractivity contribution in [2.45, 2.75) is 20.0 Å². The van der Waals surface area contributed by atoms with E-state index in [1.807, 2.05) is 43.3 Å². The minimum absolute atomic E-state index is 0.0496. The van der Waals surface area contributed by atoms with Crippen LogP contribution in [0.5, 0.6) is 0 Å². The van der Waals surface area contributed by atoms with Crippen LogP contribution < -0.4 is 5.32 Å². The molecule has 1 aliphatic rings. The molecule has 2 aromatic heterocycles. The number of aromatic amines is 1. The van der Waals surface area contributed by atoms with Crippen LogP contribution in [0.25, 0.3) is 11.4 Å². The highest BCUT2D eigenvalue weighted by Gasteiger charge is 2.14. The van der Waals surface area contributed by atoms with Crippen molar-refractivity contribution in [2.24, 2.45) is 0 Å². The summed E-state index contributed by atoms with van der Waals surface area (Å²) in [7, 11) is 0. The van der Waals surface area contributed by atoms with Crippen LogP contribution in [0, 0.1) is 11.7 Å². The predicted octanol–water partition coefficient (Wildman–Crippen LogP) is 2.78. The largest absolute Gasteiger partial charge is 0.379 e. The third-order valence-electron chi connectivity index (χ3n) is 4.90. The van der Waals surface area contributed by atoms with E-state index in [-0.39, 0.29) is 12.5 Å². The van der Waals surface area contributed by atoms with Crippen LogP contribution in [0.2, 0.25) is 0 Å². The van der Waals surface area contributed by atoms with Gasteiger partial charge >= 0.3 is 0 Å². The Bertz CT molecular complexity index is 1090. The molecule has 0 radical (unpaired) electrons. The van der Waals surface area contributed by atoms with Gasteiger partial charge in [0.2, 0.25) is 5.91 Å². The van der Waals surface area contributed by atoms with Crippen molar-refractivity contribution < 1.29 is 9.53 Å². The molecule has 0 atom stereocenters. The lowest BCUT2D eigenvalue weighted by Crippen LogP contribution is -2.35. The summed E-state index contributed by atoms with van der Waals surface area (Å²) in [5.74, 6) is 0.947. The topological polar surface area (TPSA) is 88.1 Å². The number of pyridine rings is 1. The van der Waals surface area contributed by atoms with Gasteiger partial charge in [0.25, 0.3) is 0 Å². The molecule has 4 rings (SSSR count). The summed E-state index contributed by atoms with van der Waals surface area (Å²) in [6, 6.07) is 13.6. The number of carbonyl (C=O) groups is 1. The maximum absolute atomic E-state index is 12.7. The van der Waals surface area contributed by atoms with Crippen molar-refractivity contribution in [2.75, 3.05) is 31.6 Å². The number of H-pyrrole nitrogens is 1. The number of amides is 1. The zero-order valence-corrected chi connectivity index (χ0v) is 17.6. The SMILES string of the molecule is Cc1cccc(-c2n[nH]c(=S)n2CC(=O)Nc2cccc(CN3CCOCC3)n2)c1. The van der Waals surface area contributed by atoms with Crippen molar-refractivity contribution in [3.8, 4) is 11.4 Å². The summed E-state index contributed by atoms with van der Waals surface area (Å²) in [6.45, 7) is 6.05. The first-order chi connectivity index (χ1) is 14.6. The Morgan fingerprint density at radius 2 is 2.03 bits per heavy atom. The number of carbonyl (C=O) groups excluding carboxylic acids is 1. The smallest absolute Gasteiger partial charge is 0.245 e. The summed E-state index contributed by atoms with van der Waals surface area (Å²) < 4.78 is 7.47. The number of hydrogen-bond donors (Lipinski definition) is 2. The molecule has 1 amide bonds. The first-order valence-electron chi connectivity index (χ1n) is 9.86. The molecular weight excluding hydrogens is 400 g/mol. The van der Waals surface area contributed by atoms with E-state index >= 15 is 0 Å². The van der Waals surface area contributed by atoms with Gasteiger partial charge in [-0.25, -0.2) is 4.98 Å². The molecule has 1 aromatic carbocycles. The zero-order valence-electron chi connectivity index (χ0n) is 16.8. The van der Waals surface area contributed by atoms with E-state index in [1.165, 1.54) is 0 Å². The van der Waals surface area contributed by atoms with E-state index in [0.717, 1.165) is 49.7 Å². The molecule has 0 saturated carbocycles. The highest BCUT2D eigenvalue weighted by molar-refractivity contribution is 7.71. The summed E-state index contributed by atoms with van der Waals surface area (Å²) in [5.41, 5.74) is 2.93. The number of rotatable bonds is 6. The Kier molecular flexibility index (Phi) is 6.32. The van der Waals surface area contributed by atoms with Gasteiger partial charge in [-0.3, -0.25) is 19.4 Å². The second kappa shape index (κ2) is 9.29. The first-order valence-corrected chi connectivity index (χ1v) is 10.3. The van der Waals surface area contributed by atoms with Gasteiger partial charge < -0.3 is 10.1 Å². The van der Waals surface area contributed by atoms with Gasteiger partial charge in [-0.15, -0.1) is 0 Å². The van der Waals surface area contributed by atoms with Gasteiger partial charge in [0, 0.05) is 25.2 Å². The monoisotopic (exact) mass is 424 g/mol. The Morgan fingerprint density at radius 3 is 2.83 bits per heavy atom. The van der Waals surface area contributed by atoms with Crippen LogP contribution in [-0.4, -0.2) is 56.9 Å². The maximum Gasteiger partial charge on any atom is 0.245 e. The lowest BCUT2D eigenvalue weighted by Gasteiger charge is -2.26.